The number of nitrogens with zero attached hydrogens (tertiary/aromatic N) is 2. The Morgan fingerprint density at radius 1 is 1.40 bits per heavy atom. The normalized spacial score (nSPS) is 23.4. The van der Waals surface area contributed by atoms with Crippen molar-refractivity contribution in [3.05, 3.63) is 52.1 Å². The van der Waals surface area contributed by atoms with E-state index in [9.17, 15) is 9.59 Å². The molecule has 0 saturated heterocycles. The first-order chi connectivity index (χ1) is 12.0. The van der Waals surface area contributed by atoms with E-state index in [2.05, 4.69) is 15.5 Å². The lowest BCUT2D eigenvalue weighted by atomic mass is 9.85. The Hall–Kier alpha value is -2.76. The van der Waals surface area contributed by atoms with Gasteiger partial charge in [-0.3, -0.25) is 9.59 Å². The fourth-order valence-electron chi connectivity index (χ4n) is 3.75. The first kappa shape index (κ1) is 15.7. The molecule has 6 heteroatoms. The number of hydrogen-bond acceptors (Lipinski definition) is 4. The van der Waals surface area contributed by atoms with Crippen molar-refractivity contribution in [3.8, 4) is 0 Å². The van der Waals surface area contributed by atoms with Crippen molar-refractivity contribution < 1.29 is 14.1 Å². The Labute approximate surface area is 145 Å². The second-order valence-corrected chi connectivity index (χ2v) is 6.66. The van der Waals surface area contributed by atoms with Crippen LogP contribution in [0.5, 0.6) is 0 Å². The van der Waals surface area contributed by atoms with Gasteiger partial charge in [-0.2, -0.15) is 0 Å². The van der Waals surface area contributed by atoms with E-state index in [1.807, 2.05) is 19.1 Å². The molecule has 6 nitrogen and oxygen atoms in total. The standard InChI is InChI=1S/C19H19N3O3/c1-10-16(11(2)25-22-10)9-18(23)20-12-6-7-14-13-4-3-5-15(13)19(24)21-17(14)8-12/h6-8,14H,3-5,9H2,1-2H3,(H,21,24). The highest BCUT2D eigenvalue weighted by Crippen LogP contribution is 2.39. The molecular formula is C19H19N3O3. The van der Waals surface area contributed by atoms with Crippen molar-refractivity contribution in [2.45, 2.75) is 39.5 Å². The van der Waals surface area contributed by atoms with Crippen LogP contribution >= 0.6 is 0 Å². The van der Waals surface area contributed by atoms with E-state index in [4.69, 9.17) is 4.52 Å². The van der Waals surface area contributed by atoms with Crippen LogP contribution in [-0.2, 0) is 16.0 Å². The number of carbonyl (C=O) groups excluding carboxylic acids is 2. The van der Waals surface area contributed by atoms with E-state index in [0.717, 1.165) is 36.1 Å². The molecule has 4 rings (SSSR count). The summed E-state index contributed by atoms with van der Waals surface area (Å²) in [5.41, 5.74) is 5.02. The van der Waals surface area contributed by atoms with Crippen LogP contribution in [0.15, 0.2) is 44.6 Å². The summed E-state index contributed by atoms with van der Waals surface area (Å²) < 4.78 is 5.08. The average Bonchev–Trinajstić information content (AvgIpc) is 3.18. The molecule has 1 unspecified atom stereocenters. The number of carbonyl (C=O) groups is 2. The Morgan fingerprint density at radius 3 is 3.00 bits per heavy atom. The predicted molar refractivity (Wildman–Crippen MR) is 91.9 cm³/mol. The van der Waals surface area contributed by atoms with Crippen molar-refractivity contribution in [2.75, 3.05) is 0 Å². The molecule has 0 fully saturated rings. The quantitative estimate of drug-likeness (QED) is 0.898. The summed E-state index contributed by atoms with van der Waals surface area (Å²) in [6, 6.07) is 0. The molecule has 2 heterocycles. The molecule has 1 aliphatic heterocycles. The second-order valence-electron chi connectivity index (χ2n) is 6.66. The van der Waals surface area contributed by atoms with Gasteiger partial charge in [0.1, 0.15) is 5.76 Å². The first-order valence-electron chi connectivity index (χ1n) is 8.49. The molecule has 0 saturated carbocycles. The third kappa shape index (κ3) is 2.77. The van der Waals surface area contributed by atoms with Gasteiger partial charge in [0.15, 0.2) is 0 Å². The molecule has 1 aromatic heterocycles. The zero-order chi connectivity index (χ0) is 17.6. The van der Waals surface area contributed by atoms with E-state index in [1.165, 1.54) is 5.57 Å². The summed E-state index contributed by atoms with van der Waals surface area (Å²) in [5, 5.41) is 6.81. The molecule has 1 atom stereocenters. The fraction of sp³-hybridized carbons (Fsp3) is 0.368. The minimum Gasteiger partial charge on any atom is -0.361 e. The van der Waals surface area contributed by atoms with Crippen LogP contribution in [-0.4, -0.2) is 22.7 Å². The maximum absolute atomic E-state index is 12.3. The molecular weight excluding hydrogens is 318 g/mol. The third-order valence-electron chi connectivity index (χ3n) is 5.03. The van der Waals surface area contributed by atoms with Gasteiger partial charge in [0.05, 0.1) is 17.8 Å². The Kier molecular flexibility index (Phi) is 3.75. The Bertz CT molecular complexity index is 880. The van der Waals surface area contributed by atoms with Crippen molar-refractivity contribution in [1.29, 1.82) is 0 Å². The summed E-state index contributed by atoms with van der Waals surface area (Å²) >= 11 is 0. The van der Waals surface area contributed by atoms with Crippen molar-refractivity contribution >= 4 is 17.5 Å². The van der Waals surface area contributed by atoms with Crippen LogP contribution in [0.1, 0.15) is 36.3 Å². The van der Waals surface area contributed by atoms with E-state index >= 15 is 0 Å². The van der Waals surface area contributed by atoms with Crippen molar-refractivity contribution in [3.63, 3.8) is 0 Å². The maximum Gasteiger partial charge on any atom is 0.251 e. The topological polar surface area (TPSA) is 84.6 Å². The molecule has 2 aliphatic carbocycles. The zero-order valence-electron chi connectivity index (χ0n) is 14.3. The largest absolute Gasteiger partial charge is 0.361 e. The molecule has 25 heavy (non-hydrogen) atoms. The minimum atomic E-state index is -0.257. The third-order valence-corrected chi connectivity index (χ3v) is 5.03. The summed E-state index contributed by atoms with van der Waals surface area (Å²) in [4.78, 5) is 28.6. The van der Waals surface area contributed by atoms with Crippen LogP contribution in [0.2, 0.25) is 0 Å². The lowest BCUT2D eigenvalue weighted by molar-refractivity contribution is -0.118. The van der Waals surface area contributed by atoms with E-state index in [1.54, 1.807) is 13.0 Å². The Morgan fingerprint density at radius 2 is 2.24 bits per heavy atom. The van der Waals surface area contributed by atoms with Gasteiger partial charge in [-0.1, -0.05) is 11.2 Å². The molecule has 0 aromatic carbocycles. The smallest absolute Gasteiger partial charge is 0.251 e. The molecule has 0 bridgehead atoms. The molecule has 128 valence electrons. The first-order valence-corrected chi connectivity index (χ1v) is 8.49. The number of nitrogens with one attached hydrogen (secondary N) is 1. The van der Waals surface area contributed by atoms with Gasteiger partial charge in [-0.15, -0.1) is 0 Å². The summed E-state index contributed by atoms with van der Waals surface area (Å²) in [7, 11) is 0. The summed E-state index contributed by atoms with van der Waals surface area (Å²) in [6.45, 7) is 3.59. The second kappa shape index (κ2) is 5.95. The number of aromatic nitrogens is 1. The number of aliphatic imine (C=N–C) groups is 1. The van der Waals surface area contributed by atoms with Crippen LogP contribution < -0.4 is 5.32 Å². The van der Waals surface area contributed by atoms with Gasteiger partial charge in [-0.05, 0) is 50.8 Å². The lowest BCUT2D eigenvalue weighted by Crippen LogP contribution is -2.35. The van der Waals surface area contributed by atoms with Crippen LogP contribution in [0, 0.1) is 19.8 Å². The predicted octanol–water partition coefficient (Wildman–Crippen LogP) is 2.48. The molecule has 0 spiro atoms. The number of amides is 2. The van der Waals surface area contributed by atoms with Crippen LogP contribution in [0.25, 0.3) is 0 Å². The lowest BCUT2D eigenvalue weighted by Gasteiger charge is -2.28. The van der Waals surface area contributed by atoms with Gasteiger partial charge in [0, 0.05) is 22.8 Å². The Balaban J connectivity index is 1.56. The van der Waals surface area contributed by atoms with Crippen LogP contribution in [0.3, 0.4) is 0 Å². The van der Waals surface area contributed by atoms with Gasteiger partial charge in [-0.25, -0.2) is 4.99 Å². The van der Waals surface area contributed by atoms with Gasteiger partial charge in [0.2, 0.25) is 0 Å². The number of fused-ring (bicyclic) bond motifs is 2. The molecule has 0 radical (unpaired) electrons. The van der Waals surface area contributed by atoms with Gasteiger partial charge >= 0.3 is 0 Å². The number of rotatable bonds is 2. The monoisotopic (exact) mass is 337 g/mol. The average molecular weight is 337 g/mol. The van der Waals surface area contributed by atoms with Crippen LogP contribution in [0.4, 0.5) is 0 Å². The van der Waals surface area contributed by atoms with Gasteiger partial charge in [0.25, 0.3) is 11.8 Å². The molecule has 2 amide bonds. The SMILES string of the molecule is Cc1noc(C)c1CC(=O)N=C1C=CC2C(=C1)NC(=O)C1=C2CCC1. The maximum atomic E-state index is 12.3. The van der Waals surface area contributed by atoms with E-state index in [-0.39, 0.29) is 24.2 Å². The minimum absolute atomic E-state index is 0.00769. The van der Waals surface area contributed by atoms with Crippen molar-refractivity contribution in [2.24, 2.45) is 10.9 Å². The zero-order valence-corrected chi connectivity index (χ0v) is 14.3. The van der Waals surface area contributed by atoms with E-state index in [0.29, 0.717) is 17.2 Å². The highest BCUT2D eigenvalue weighted by Gasteiger charge is 2.34. The number of hydrogen-bond donors (Lipinski definition) is 1. The highest BCUT2D eigenvalue weighted by molar-refractivity contribution is 6.11. The highest BCUT2D eigenvalue weighted by atomic mass is 16.5. The molecule has 3 aliphatic rings. The number of allylic oxidation sites excluding steroid dienone is 3. The summed E-state index contributed by atoms with van der Waals surface area (Å²) in [5.74, 6) is 0.495. The molecule has 1 N–H and O–H groups in total. The van der Waals surface area contributed by atoms with Gasteiger partial charge < -0.3 is 9.84 Å². The van der Waals surface area contributed by atoms with E-state index < -0.39 is 0 Å². The molecule has 1 aromatic rings. The van der Waals surface area contributed by atoms with Crippen molar-refractivity contribution in [1.82, 2.24) is 10.5 Å². The fourth-order valence-corrected chi connectivity index (χ4v) is 3.75. The number of aryl methyl sites for hydroxylation is 2. The summed E-state index contributed by atoms with van der Waals surface area (Å²) in [6.07, 6.45) is 8.70.